The first-order valence-electron chi connectivity index (χ1n) is 9.14. The first-order chi connectivity index (χ1) is 12.2. The largest absolute Gasteiger partial charge is 0.339 e. The smallest absolute Gasteiger partial charge is 0.275 e. The zero-order valence-corrected chi connectivity index (χ0v) is 15.3. The van der Waals surface area contributed by atoms with Crippen LogP contribution < -0.4 is 10.2 Å². The fourth-order valence-corrected chi connectivity index (χ4v) is 4.25. The molecule has 1 amide bonds. The highest BCUT2D eigenvalue weighted by molar-refractivity contribution is 7.10. The standard InChI is InChI=1S/C20H25FN2OS/c21-17-10-8-16(9-11-17)20(18-7-6-14-25-18)22-19(24)15-23-12-4-2-1-3-5-13-23/h6-11,14,20H,1-5,12-13,15H2,(H,22,24)/p+1/t20-/m1/s1. The highest BCUT2D eigenvalue weighted by Crippen LogP contribution is 2.26. The number of hydrogen-bond acceptors (Lipinski definition) is 2. The quantitative estimate of drug-likeness (QED) is 0.843. The third-order valence-electron chi connectivity index (χ3n) is 4.81. The van der Waals surface area contributed by atoms with Crippen molar-refractivity contribution in [2.24, 2.45) is 0 Å². The Morgan fingerprint density at radius 1 is 1.08 bits per heavy atom. The third kappa shape index (κ3) is 5.38. The maximum absolute atomic E-state index is 13.2. The zero-order chi connectivity index (χ0) is 17.5. The van der Waals surface area contributed by atoms with Crippen LogP contribution in [0.1, 0.15) is 48.6 Å². The highest BCUT2D eigenvalue weighted by Gasteiger charge is 2.21. The molecule has 134 valence electrons. The van der Waals surface area contributed by atoms with Crippen LogP contribution in [0, 0.1) is 5.82 Å². The molecule has 2 heterocycles. The van der Waals surface area contributed by atoms with Gasteiger partial charge in [-0.25, -0.2) is 4.39 Å². The molecule has 0 unspecified atom stereocenters. The summed E-state index contributed by atoms with van der Waals surface area (Å²) >= 11 is 1.61. The van der Waals surface area contributed by atoms with Gasteiger partial charge in [-0.15, -0.1) is 11.3 Å². The second-order valence-electron chi connectivity index (χ2n) is 6.76. The summed E-state index contributed by atoms with van der Waals surface area (Å²) in [5, 5.41) is 5.17. The van der Waals surface area contributed by atoms with Crippen LogP contribution in [0.25, 0.3) is 0 Å². The number of carbonyl (C=O) groups is 1. The molecule has 0 radical (unpaired) electrons. The Kier molecular flexibility index (Phi) is 6.59. The molecule has 0 bridgehead atoms. The van der Waals surface area contributed by atoms with Gasteiger partial charge in [0.15, 0.2) is 6.54 Å². The van der Waals surface area contributed by atoms with Gasteiger partial charge in [0, 0.05) is 4.88 Å². The van der Waals surface area contributed by atoms with Crippen LogP contribution in [-0.2, 0) is 4.79 Å². The predicted octanol–water partition coefficient (Wildman–Crippen LogP) is 2.94. The lowest BCUT2D eigenvalue weighted by atomic mass is 10.1. The van der Waals surface area contributed by atoms with Crippen molar-refractivity contribution in [1.29, 1.82) is 0 Å². The van der Waals surface area contributed by atoms with E-state index >= 15 is 0 Å². The lowest BCUT2D eigenvalue weighted by Crippen LogP contribution is -3.13. The van der Waals surface area contributed by atoms with Gasteiger partial charge in [0.1, 0.15) is 5.82 Å². The summed E-state index contributed by atoms with van der Waals surface area (Å²) in [5.74, 6) is -0.191. The Morgan fingerprint density at radius 2 is 1.76 bits per heavy atom. The van der Waals surface area contributed by atoms with Crippen LogP contribution in [0.4, 0.5) is 4.39 Å². The number of likely N-dealkylation sites (tertiary alicyclic amines) is 1. The Hall–Kier alpha value is -1.72. The number of rotatable bonds is 5. The van der Waals surface area contributed by atoms with Gasteiger partial charge in [0.05, 0.1) is 19.1 Å². The van der Waals surface area contributed by atoms with Crippen molar-refractivity contribution in [2.75, 3.05) is 19.6 Å². The molecular weight excluding hydrogens is 335 g/mol. The van der Waals surface area contributed by atoms with Crippen molar-refractivity contribution in [3.05, 3.63) is 58.0 Å². The fraction of sp³-hybridized carbons (Fsp3) is 0.450. The molecule has 1 aromatic carbocycles. The molecule has 3 nitrogen and oxygen atoms in total. The topological polar surface area (TPSA) is 33.5 Å². The molecule has 5 heteroatoms. The van der Waals surface area contributed by atoms with E-state index in [1.54, 1.807) is 23.5 Å². The molecule has 0 aliphatic carbocycles. The van der Waals surface area contributed by atoms with Crippen LogP contribution in [0.3, 0.4) is 0 Å². The Labute approximate surface area is 152 Å². The van der Waals surface area contributed by atoms with Gasteiger partial charge in [-0.05, 0) is 54.8 Å². The molecular formula is C20H26FN2OS+. The molecule has 3 rings (SSSR count). The lowest BCUT2D eigenvalue weighted by molar-refractivity contribution is -0.893. The summed E-state index contributed by atoms with van der Waals surface area (Å²) in [4.78, 5) is 15.1. The van der Waals surface area contributed by atoms with Crippen molar-refractivity contribution in [3.63, 3.8) is 0 Å². The van der Waals surface area contributed by atoms with Crippen molar-refractivity contribution >= 4 is 17.2 Å². The SMILES string of the molecule is O=C(C[NH+]1CCCCCCC1)N[C@H](c1ccc(F)cc1)c1cccs1. The Morgan fingerprint density at radius 3 is 2.40 bits per heavy atom. The van der Waals surface area contributed by atoms with E-state index < -0.39 is 0 Å². The summed E-state index contributed by atoms with van der Waals surface area (Å²) in [7, 11) is 0. The number of amides is 1. The average molecular weight is 362 g/mol. The molecule has 0 saturated carbocycles. The van der Waals surface area contributed by atoms with Gasteiger partial charge in [0.2, 0.25) is 0 Å². The number of halogens is 1. The minimum Gasteiger partial charge on any atom is -0.339 e. The zero-order valence-electron chi connectivity index (χ0n) is 14.5. The second-order valence-corrected chi connectivity index (χ2v) is 7.74. The summed E-state index contributed by atoms with van der Waals surface area (Å²) in [6, 6.07) is 10.2. The highest BCUT2D eigenvalue weighted by atomic mass is 32.1. The van der Waals surface area contributed by atoms with Gasteiger partial charge in [-0.3, -0.25) is 4.79 Å². The molecule has 25 heavy (non-hydrogen) atoms. The summed E-state index contributed by atoms with van der Waals surface area (Å²) in [5.41, 5.74) is 0.917. The number of nitrogens with one attached hydrogen (secondary N) is 2. The van der Waals surface area contributed by atoms with Gasteiger partial charge in [-0.2, -0.15) is 0 Å². The van der Waals surface area contributed by atoms with E-state index in [4.69, 9.17) is 0 Å². The fourth-order valence-electron chi connectivity index (χ4n) is 3.45. The van der Waals surface area contributed by atoms with Gasteiger partial charge in [-0.1, -0.05) is 24.6 Å². The molecule has 1 aliphatic heterocycles. The molecule has 2 aromatic rings. The van der Waals surface area contributed by atoms with E-state index in [1.807, 2.05) is 17.5 Å². The summed E-state index contributed by atoms with van der Waals surface area (Å²) in [6.45, 7) is 2.67. The molecule has 0 spiro atoms. The summed E-state index contributed by atoms with van der Waals surface area (Å²) in [6.07, 6.45) is 6.28. The van der Waals surface area contributed by atoms with Crippen LogP contribution in [0.2, 0.25) is 0 Å². The van der Waals surface area contributed by atoms with Gasteiger partial charge in [0.25, 0.3) is 5.91 Å². The number of hydrogen-bond donors (Lipinski definition) is 2. The van der Waals surface area contributed by atoms with Crippen LogP contribution in [0.15, 0.2) is 41.8 Å². The van der Waals surface area contributed by atoms with Crippen molar-refractivity contribution in [1.82, 2.24) is 5.32 Å². The molecule has 1 fully saturated rings. The third-order valence-corrected chi connectivity index (χ3v) is 5.74. The average Bonchev–Trinajstić information content (AvgIpc) is 3.10. The van der Waals surface area contributed by atoms with E-state index in [0.29, 0.717) is 6.54 Å². The maximum Gasteiger partial charge on any atom is 0.275 e. The Balaban J connectivity index is 1.67. The van der Waals surface area contributed by atoms with Crippen molar-refractivity contribution in [3.8, 4) is 0 Å². The number of thiophene rings is 1. The normalized spacial score (nSPS) is 17.5. The van der Waals surface area contributed by atoms with Gasteiger partial charge < -0.3 is 10.2 Å². The second kappa shape index (κ2) is 9.11. The van der Waals surface area contributed by atoms with E-state index in [0.717, 1.165) is 23.5 Å². The maximum atomic E-state index is 13.2. The van der Waals surface area contributed by atoms with Crippen molar-refractivity contribution < 1.29 is 14.1 Å². The van der Waals surface area contributed by atoms with Gasteiger partial charge >= 0.3 is 0 Å². The molecule has 2 N–H and O–H groups in total. The molecule has 1 saturated heterocycles. The molecule has 1 aliphatic rings. The van der Waals surface area contributed by atoms with Crippen LogP contribution in [0.5, 0.6) is 0 Å². The van der Waals surface area contributed by atoms with Crippen LogP contribution in [-0.4, -0.2) is 25.5 Å². The van der Waals surface area contributed by atoms with Crippen LogP contribution >= 0.6 is 11.3 Å². The molecule has 1 aromatic heterocycles. The van der Waals surface area contributed by atoms with E-state index in [1.165, 1.54) is 49.1 Å². The van der Waals surface area contributed by atoms with Crippen molar-refractivity contribution in [2.45, 2.75) is 38.1 Å². The summed E-state index contributed by atoms with van der Waals surface area (Å²) < 4.78 is 13.2. The number of quaternary nitrogens is 1. The van der Waals surface area contributed by atoms with E-state index in [-0.39, 0.29) is 17.8 Å². The predicted molar refractivity (Wildman–Crippen MR) is 99.4 cm³/mol. The minimum atomic E-state index is -0.259. The first kappa shape index (κ1) is 18.1. The minimum absolute atomic E-state index is 0.0679. The number of benzene rings is 1. The lowest BCUT2D eigenvalue weighted by Gasteiger charge is -2.23. The first-order valence-corrected chi connectivity index (χ1v) is 10.0. The Bertz CT molecular complexity index is 649. The molecule has 1 atom stereocenters. The van der Waals surface area contributed by atoms with E-state index in [2.05, 4.69) is 5.32 Å². The monoisotopic (exact) mass is 361 g/mol. The van der Waals surface area contributed by atoms with E-state index in [9.17, 15) is 9.18 Å². The number of carbonyl (C=O) groups excluding carboxylic acids is 1.